The van der Waals surface area contributed by atoms with Gasteiger partial charge in [0.05, 0.1) is 23.5 Å². The fraction of sp³-hybridized carbons (Fsp3) is 0.160. The molecule has 0 radical (unpaired) electrons. The predicted molar refractivity (Wildman–Crippen MR) is 121 cm³/mol. The van der Waals surface area contributed by atoms with Gasteiger partial charge in [0.15, 0.2) is 0 Å². The number of para-hydroxylation sites is 2. The van der Waals surface area contributed by atoms with Crippen LogP contribution in [0.1, 0.15) is 23.1 Å². The molecule has 1 aliphatic rings. The standard InChI is InChI=1S/C25H23N3O2/c1-17-12-18(2)14-20(13-17)26-24(29)16-28-23-11-7-6-10-21(23)27-22(15-25(28)30)19-8-4-3-5-9-19/h3-14H,15-16H2,1-2H3,(H,26,29). The van der Waals surface area contributed by atoms with Crippen molar-refractivity contribution in [3.63, 3.8) is 0 Å². The van der Waals surface area contributed by atoms with Crippen LogP contribution < -0.4 is 10.2 Å². The van der Waals surface area contributed by atoms with Gasteiger partial charge in [0, 0.05) is 5.69 Å². The van der Waals surface area contributed by atoms with E-state index in [0.29, 0.717) is 17.1 Å². The number of rotatable bonds is 4. The minimum Gasteiger partial charge on any atom is -0.325 e. The molecular formula is C25H23N3O2. The summed E-state index contributed by atoms with van der Waals surface area (Å²) in [5, 5.41) is 2.92. The Bertz CT molecular complexity index is 1120. The molecular weight excluding hydrogens is 374 g/mol. The number of carbonyl (C=O) groups is 2. The summed E-state index contributed by atoms with van der Waals surface area (Å²) in [6.45, 7) is 3.90. The van der Waals surface area contributed by atoms with E-state index in [4.69, 9.17) is 4.99 Å². The number of anilines is 2. The van der Waals surface area contributed by atoms with Gasteiger partial charge < -0.3 is 10.2 Å². The molecule has 0 atom stereocenters. The molecule has 3 aromatic rings. The maximum absolute atomic E-state index is 13.1. The van der Waals surface area contributed by atoms with Crippen molar-refractivity contribution in [2.45, 2.75) is 20.3 Å². The monoisotopic (exact) mass is 397 g/mol. The van der Waals surface area contributed by atoms with E-state index in [1.165, 1.54) is 4.90 Å². The Morgan fingerprint density at radius 2 is 1.63 bits per heavy atom. The number of aliphatic imine (C=N–C) groups is 1. The minimum absolute atomic E-state index is 0.0690. The number of nitrogens with one attached hydrogen (secondary N) is 1. The number of fused-ring (bicyclic) bond motifs is 1. The Balaban J connectivity index is 1.60. The summed E-state index contributed by atoms with van der Waals surface area (Å²) in [6, 6.07) is 23.0. The molecule has 2 amide bonds. The van der Waals surface area contributed by atoms with Crippen LogP contribution in [0, 0.1) is 13.8 Å². The van der Waals surface area contributed by atoms with Crippen molar-refractivity contribution in [3.05, 3.63) is 89.5 Å². The van der Waals surface area contributed by atoms with Gasteiger partial charge in [-0.15, -0.1) is 0 Å². The summed E-state index contributed by atoms with van der Waals surface area (Å²) in [5.41, 5.74) is 5.80. The summed E-state index contributed by atoms with van der Waals surface area (Å²) in [5.74, 6) is -0.399. The van der Waals surface area contributed by atoms with Crippen molar-refractivity contribution in [2.75, 3.05) is 16.8 Å². The van der Waals surface area contributed by atoms with Gasteiger partial charge in [-0.25, -0.2) is 0 Å². The lowest BCUT2D eigenvalue weighted by molar-refractivity contribution is -0.120. The topological polar surface area (TPSA) is 61.8 Å². The number of hydrogen-bond acceptors (Lipinski definition) is 3. The van der Waals surface area contributed by atoms with Crippen molar-refractivity contribution in [1.29, 1.82) is 0 Å². The fourth-order valence-corrected chi connectivity index (χ4v) is 3.71. The molecule has 0 bridgehead atoms. The molecule has 1 N–H and O–H groups in total. The molecule has 0 unspecified atom stereocenters. The first kappa shape index (κ1) is 19.6. The highest BCUT2D eigenvalue weighted by molar-refractivity contribution is 6.18. The lowest BCUT2D eigenvalue weighted by Gasteiger charge is -2.22. The smallest absolute Gasteiger partial charge is 0.244 e. The molecule has 0 aliphatic carbocycles. The van der Waals surface area contributed by atoms with Crippen LogP contribution in [0.4, 0.5) is 17.1 Å². The Hall–Kier alpha value is -3.73. The zero-order chi connectivity index (χ0) is 21.1. The summed E-state index contributed by atoms with van der Waals surface area (Å²) in [7, 11) is 0. The van der Waals surface area contributed by atoms with E-state index >= 15 is 0 Å². The first-order chi connectivity index (χ1) is 14.5. The second-order valence-corrected chi connectivity index (χ2v) is 7.49. The van der Waals surface area contributed by atoms with Gasteiger partial charge >= 0.3 is 0 Å². The van der Waals surface area contributed by atoms with Crippen molar-refractivity contribution in [3.8, 4) is 0 Å². The van der Waals surface area contributed by atoms with E-state index in [2.05, 4.69) is 5.32 Å². The molecule has 3 aromatic carbocycles. The normalized spacial score (nSPS) is 13.3. The second-order valence-electron chi connectivity index (χ2n) is 7.49. The second kappa shape index (κ2) is 8.33. The highest BCUT2D eigenvalue weighted by atomic mass is 16.2. The highest BCUT2D eigenvalue weighted by Crippen LogP contribution is 2.32. The number of benzene rings is 3. The average molecular weight is 397 g/mol. The maximum Gasteiger partial charge on any atom is 0.244 e. The van der Waals surface area contributed by atoms with Crippen molar-refractivity contribution < 1.29 is 9.59 Å². The summed E-state index contributed by atoms with van der Waals surface area (Å²) < 4.78 is 0. The molecule has 5 heteroatoms. The Kier molecular flexibility index (Phi) is 5.44. The van der Waals surface area contributed by atoms with Gasteiger partial charge in [-0.3, -0.25) is 14.6 Å². The van der Waals surface area contributed by atoms with E-state index < -0.39 is 0 Å². The molecule has 30 heavy (non-hydrogen) atoms. The van der Waals surface area contributed by atoms with Crippen LogP contribution in [0.25, 0.3) is 0 Å². The molecule has 150 valence electrons. The third kappa shape index (κ3) is 4.30. The van der Waals surface area contributed by atoms with Gasteiger partial charge in [0.1, 0.15) is 6.54 Å². The molecule has 4 rings (SSSR count). The van der Waals surface area contributed by atoms with Crippen LogP contribution in [0.3, 0.4) is 0 Å². The molecule has 0 aromatic heterocycles. The van der Waals surface area contributed by atoms with Crippen LogP contribution in [0.2, 0.25) is 0 Å². The number of nitrogens with zero attached hydrogens (tertiary/aromatic N) is 2. The lowest BCUT2D eigenvalue weighted by atomic mass is 10.1. The SMILES string of the molecule is Cc1cc(C)cc(NC(=O)CN2C(=O)CC(c3ccccc3)=Nc3ccccc32)c1. The molecule has 1 aliphatic heterocycles. The van der Waals surface area contributed by atoms with Gasteiger partial charge in [-0.1, -0.05) is 48.5 Å². The van der Waals surface area contributed by atoms with Crippen LogP contribution in [0.5, 0.6) is 0 Å². The first-order valence-electron chi connectivity index (χ1n) is 9.90. The molecule has 0 saturated carbocycles. The van der Waals surface area contributed by atoms with Crippen molar-refractivity contribution in [1.82, 2.24) is 0 Å². The number of aryl methyl sites for hydroxylation is 2. The van der Waals surface area contributed by atoms with Crippen LogP contribution in [0.15, 0.2) is 77.8 Å². The Morgan fingerprint density at radius 3 is 2.37 bits per heavy atom. The molecule has 1 heterocycles. The summed E-state index contributed by atoms with van der Waals surface area (Å²) in [4.78, 5) is 32.2. The van der Waals surface area contributed by atoms with Gasteiger partial charge in [0.2, 0.25) is 11.8 Å². The van der Waals surface area contributed by atoms with Crippen LogP contribution in [-0.2, 0) is 9.59 Å². The highest BCUT2D eigenvalue weighted by Gasteiger charge is 2.26. The van der Waals surface area contributed by atoms with Gasteiger partial charge in [0.25, 0.3) is 0 Å². The van der Waals surface area contributed by atoms with E-state index in [1.807, 2.05) is 86.6 Å². The van der Waals surface area contributed by atoms with E-state index in [1.54, 1.807) is 0 Å². The molecule has 0 fully saturated rings. The lowest BCUT2D eigenvalue weighted by Crippen LogP contribution is -2.38. The number of amides is 2. The third-order valence-electron chi connectivity index (χ3n) is 4.96. The van der Waals surface area contributed by atoms with Gasteiger partial charge in [-0.2, -0.15) is 0 Å². The average Bonchev–Trinajstić information content (AvgIpc) is 2.85. The maximum atomic E-state index is 13.1. The number of hydrogen-bond donors (Lipinski definition) is 1. The third-order valence-corrected chi connectivity index (χ3v) is 4.96. The van der Waals surface area contributed by atoms with E-state index in [9.17, 15) is 9.59 Å². The van der Waals surface area contributed by atoms with E-state index in [-0.39, 0.29) is 24.8 Å². The van der Waals surface area contributed by atoms with Crippen LogP contribution in [-0.4, -0.2) is 24.1 Å². The quantitative estimate of drug-likeness (QED) is 0.687. The summed E-state index contributed by atoms with van der Waals surface area (Å²) >= 11 is 0. The van der Waals surface area contributed by atoms with Crippen molar-refractivity contribution in [2.24, 2.45) is 4.99 Å². The predicted octanol–water partition coefficient (Wildman–Crippen LogP) is 4.80. The first-order valence-corrected chi connectivity index (χ1v) is 9.90. The largest absolute Gasteiger partial charge is 0.325 e. The molecule has 5 nitrogen and oxygen atoms in total. The van der Waals surface area contributed by atoms with E-state index in [0.717, 1.165) is 22.4 Å². The zero-order valence-corrected chi connectivity index (χ0v) is 17.1. The van der Waals surface area contributed by atoms with Crippen molar-refractivity contribution >= 4 is 34.6 Å². The fourth-order valence-electron chi connectivity index (χ4n) is 3.71. The zero-order valence-electron chi connectivity index (χ0n) is 17.1. The Morgan fingerprint density at radius 1 is 0.967 bits per heavy atom. The minimum atomic E-state index is -0.244. The summed E-state index contributed by atoms with van der Waals surface area (Å²) in [6.07, 6.45) is 0.134. The number of carbonyl (C=O) groups excluding carboxylic acids is 2. The van der Waals surface area contributed by atoms with Gasteiger partial charge in [-0.05, 0) is 54.8 Å². The molecule has 0 saturated heterocycles. The Labute approximate surface area is 176 Å². The van der Waals surface area contributed by atoms with Crippen LogP contribution >= 0.6 is 0 Å². The molecule has 0 spiro atoms.